The molecular weight excluding hydrogens is 255 g/mol. The standard InChI is InChI=1S/C16H19FN2O/c1-11-5-4-8-19-15(11)10-20-16-13(9-12(2)18)6-3-7-14(16)17/h3-8,12H,9-10,18H2,1-2H3. The van der Waals surface area contributed by atoms with Crippen molar-refractivity contribution in [2.45, 2.75) is 32.9 Å². The molecule has 0 saturated carbocycles. The van der Waals surface area contributed by atoms with Gasteiger partial charge in [-0.2, -0.15) is 0 Å². The molecule has 0 aliphatic carbocycles. The molecule has 0 aliphatic rings. The van der Waals surface area contributed by atoms with Crippen LogP contribution in [0.3, 0.4) is 0 Å². The largest absolute Gasteiger partial charge is 0.484 e. The van der Waals surface area contributed by atoms with Gasteiger partial charge in [0.05, 0.1) is 5.69 Å². The molecule has 1 aromatic heterocycles. The van der Waals surface area contributed by atoms with Crippen molar-refractivity contribution in [2.24, 2.45) is 5.73 Å². The molecule has 2 aromatic rings. The van der Waals surface area contributed by atoms with Crippen LogP contribution in [0.25, 0.3) is 0 Å². The zero-order valence-corrected chi connectivity index (χ0v) is 11.8. The summed E-state index contributed by atoms with van der Waals surface area (Å²) in [5.41, 5.74) is 8.40. The monoisotopic (exact) mass is 274 g/mol. The van der Waals surface area contributed by atoms with E-state index in [0.717, 1.165) is 16.8 Å². The molecule has 1 aromatic carbocycles. The second-order valence-electron chi connectivity index (χ2n) is 4.97. The number of para-hydroxylation sites is 1. The van der Waals surface area contributed by atoms with Gasteiger partial charge in [0.15, 0.2) is 11.6 Å². The number of nitrogens with zero attached hydrogens (tertiary/aromatic N) is 1. The van der Waals surface area contributed by atoms with Crippen molar-refractivity contribution in [3.05, 3.63) is 59.2 Å². The number of ether oxygens (including phenoxy) is 1. The molecule has 0 saturated heterocycles. The molecule has 4 heteroatoms. The van der Waals surface area contributed by atoms with E-state index in [0.29, 0.717) is 6.42 Å². The lowest BCUT2D eigenvalue weighted by Gasteiger charge is -2.14. The second kappa shape index (κ2) is 6.48. The summed E-state index contributed by atoms with van der Waals surface area (Å²) >= 11 is 0. The van der Waals surface area contributed by atoms with Gasteiger partial charge in [-0.25, -0.2) is 4.39 Å². The van der Waals surface area contributed by atoms with E-state index in [1.807, 2.05) is 32.0 Å². The Morgan fingerprint density at radius 3 is 2.80 bits per heavy atom. The van der Waals surface area contributed by atoms with Crippen molar-refractivity contribution in [3.63, 3.8) is 0 Å². The van der Waals surface area contributed by atoms with E-state index in [4.69, 9.17) is 10.5 Å². The predicted octanol–water partition coefficient (Wildman–Crippen LogP) is 3.00. The minimum Gasteiger partial charge on any atom is -0.484 e. The van der Waals surface area contributed by atoms with Gasteiger partial charge in [-0.05, 0) is 43.5 Å². The highest BCUT2D eigenvalue weighted by Crippen LogP contribution is 2.25. The first-order valence-electron chi connectivity index (χ1n) is 6.64. The van der Waals surface area contributed by atoms with Crippen LogP contribution in [0.1, 0.15) is 23.7 Å². The fraction of sp³-hybridized carbons (Fsp3) is 0.312. The Balaban J connectivity index is 2.18. The average molecular weight is 274 g/mol. The van der Waals surface area contributed by atoms with Crippen molar-refractivity contribution < 1.29 is 9.13 Å². The summed E-state index contributed by atoms with van der Waals surface area (Å²) < 4.78 is 19.6. The molecule has 20 heavy (non-hydrogen) atoms. The fourth-order valence-electron chi connectivity index (χ4n) is 2.03. The van der Waals surface area contributed by atoms with E-state index in [-0.39, 0.29) is 24.2 Å². The molecule has 3 nitrogen and oxygen atoms in total. The molecule has 0 aliphatic heterocycles. The topological polar surface area (TPSA) is 48.1 Å². The zero-order valence-electron chi connectivity index (χ0n) is 11.8. The molecule has 1 heterocycles. The Kier molecular flexibility index (Phi) is 4.69. The lowest BCUT2D eigenvalue weighted by molar-refractivity contribution is 0.281. The molecule has 1 unspecified atom stereocenters. The van der Waals surface area contributed by atoms with Crippen LogP contribution in [0, 0.1) is 12.7 Å². The summed E-state index contributed by atoms with van der Waals surface area (Å²) in [6.45, 7) is 4.09. The minimum atomic E-state index is -0.364. The Morgan fingerprint density at radius 1 is 1.30 bits per heavy atom. The summed E-state index contributed by atoms with van der Waals surface area (Å²) in [7, 11) is 0. The van der Waals surface area contributed by atoms with Gasteiger partial charge >= 0.3 is 0 Å². The third kappa shape index (κ3) is 3.54. The first-order valence-corrected chi connectivity index (χ1v) is 6.64. The van der Waals surface area contributed by atoms with Crippen LogP contribution in [-0.4, -0.2) is 11.0 Å². The number of hydrogen-bond acceptors (Lipinski definition) is 3. The fourth-order valence-corrected chi connectivity index (χ4v) is 2.03. The Bertz CT molecular complexity index is 584. The van der Waals surface area contributed by atoms with Gasteiger partial charge < -0.3 is 10.5 Å². The molecule has 0 fully saturated rings. The average Bonchev–Trinajstić information content (AvgIpc) is 2.39. The second-order valence-corrected chi connectivity index (χ2v) is 4.97. The van der Waals surface area contributed by atoms with Crippen molar-refractivity contribution in [2.75, 3.05) is 0 Å². The quantitative estimate of drug-likeness (QED) is 0.911. The molecular formula is C16H19FN2O. The van der Waals surface area contributed by atoms with E-state index in [9.17, 15) is 4.39 Å². The summed E-state index contributed by atoms with van der Waals surface area (Å²) in [5, 5.41) is 0. The third-order valence-electron chi connectivity index (χ3n) is 3.06. The van der Waals surface area contributed by atoms with E-state index < -0.39 is 0 Å². The maximum atomic E-state index is 13.9. The SMILES string of the molecule is Cc1cccnc1COc1c(F)cccc1CC(C)N. The van der Waals surface area contributed by atoms with Gasteiger partial charge in [-0.3, -0.25) is 4.98 Å². The van der Waals surface area contributed by atoms with E-state index in [2.05, 4.69) is 4.98 Å². The van der Waals surface area contributed by atoms with Crippen molar-refractivity contribution in [1.82, 2.24) is 4.98 Å². The van der Waals surface area contributed by atoms with Crippen molar-refractivity contribution in [3.8, 4) is 5.75 Å². The highest BCUT2D eigenvalue weighted by molar-refractivity contribution is 5.36. The van der Waals surface area contributed by atoms with Gasteiger partial charge in [0.2, 0.25) is 0 Å². The van der Waals surface area contributed by atoms with Crippen LogP contribution >= 0.6 is 0 Å². The van der Waals surface area contributed by atoms with Crippen LogP contribution in [0.15, 0.2) is 36.5 Å². The van der Waals surface area contributed by atoms with E-state index in [1.54, 1.807) is 12.3 Å². The number of benzene rings is 1. The Morgan fingerprint density at radius 2 is 2.10 bits per heavy atom. The van der Waals surface area contributed by atoms with Crippen LogP contribution in [0.5, 0.6) is 5.75 Å². The predicted molar refractivity (Wildman–Crippen MR) is 77.1 cm³/mol. The molecule has 1 atom stereocenters. The number of aryl methyl sites for hydroxylation is 1. The lowest BCUT2D eigenvalue weighted by atomic mass is 10.1. The summed E-state index contributed by atoms with van der Waals surface area (Å²) in [6, 6.07) is 8.68. The van der Waals surface area contributed by atoms with Crippen molar-refractivity contribution in [1.29, 1.82) is 0 Å². The van der Waals surface area contributed by atoms with Gasteiger partial charge in [-0.15, -0.1) is 0 Å². The van der Waals surface area contributed by atoms with Crippen LogP contribution in [0.4, 0.5) is 4.39 Å². The van der Waals surface area contributed by atoms with Gasteiger partial charge in [0, 0.05) is 12.2 Å². The number of pyridine rings is 1. The normalized spacial score (nSPS) is 12.2. The number of halogens is 1. The van der Waals surface area contributed by atoms with Crippen molar-refractivity contribution >= 4 is 0 Å². The smallest absolute Gasteiger partial charge is 0.165 e. The van der Waals surface area contributed by atoms with Crippen LogP contribution < -0.4 is 10.5 Å². The number of nitrogens with two attached hydrogens (primary N) is 1. The molecule has 106 valence electrons. The summed E-state index contributed by atoms with van der Waals surface area (Å²) in [5.74, 6) is -0.0911. The van der Waals surface area contributed by atoms with Gasteiger partial charge in [0.25, 0.3) is 0 Å². The maximum absolute atomic E-state index is 13.9. The van der Waals surface area contributed by atoms with Crippen LogP contribution in [0.2, 0.25) is 0 Å². The molecule has 0 amide bonds. The zero-order chi connectivity index (χ0) is 14.5. The lowest BCUT2D eigenvalue weighted by Crippen LogP contribution is -2.18. The van der Waals surface area contributed by atoms with E-state index >= 15 is 0 Å². The summed E-state index contributed by atoms with van der Waals surface area (Å²) in [6.07, 6.45) is 2.28. The molecule has 0 spiro atoms. The molecule has 0 bridgehead atoms. The first-order chi connectivity index (χ1) is 9.58. The maximum Gasteiger partial charge on any atom is 0.165 e. The van der Waals surface area contributed by atoms with E-state index in [1.165, 1.54) is 6.07 Å². The number of rotatable bonds is 5. The number of hydrogen-bond donors (Lipinski definition) is 1. The highest BCUT2D eigenvalue weighted by Gasteiger charge is 2.12. The van der Waals surface area contributed by atoms with Gasteiger partial charge in [0.1, 0.15) is 6.61 Å². The summed E-state index contributed by atoms with van der Waals surface area (Å²) in [4.78, 5) is 4.24. The molecule has 2 rings (SSSR count). The molecule has 2 N–H and O–H groups in total. The number of aromatic nitrogens is 1. The third-order valence-corrected chi connectivity index (χ3v) is 3.06. The Labute approximate surface area is 118 Å². The minimum absolute atomic E-state index is 0.0456. The van der Waals surface area contributed by atoms with Gasteiger partial charge in [-0.1, -0.05) is 18.2 Å². The Hall–Kier alpha value is -1.94. The highest BCUT2D eigenvalue weighted by atomic mass is 19.1. The van der Waals surface area contributed by atoms with Crippen LogP contribution in [-0.2, 0) is 13.0 Å². The first kappa shape index (κ1) is 14.5. The molecule has 0 radical (unpaired) electrons.